The zero-order chi connectivity index (χ0) is 15.0. The molecule has 1 aromatic rings. The molecule has 0 aliphatic heterocycles. The molecule has 0 aromatic heterocycles. The summed E-state index contributed by atoms with van der Waals surface area (Å²) in [4.78, 5) is 13.7. The number of anilines is 1. The van der Waals surface area contributed by atoms with Crippen molar-refractivity contribution in [2.75, 3.05) is 31.1 Å². The molecule has 0 saturated carbocycles. The minimum atomic E-state index is 0.0159. The summed E-state index contributed by atoms with van der Waals surface area (Å²) in [6.07, 6.45) is 0. The number of amides is 1. The van der Waals surface area contributed by atoms with Crippen LogP contribution in [0.3, 0.4) is 0 Å². The Kier molecular flexibility index (Phi) is 7.41. The van der Waals surface area contributed by atoms with Gasteiger partial charge in [-0.1, -0.05) is 24.6 Å². The number of hydrogen-bond donors (Lipinski definition) is 2. The third kappa shape index (κ3) is 5.02. The highest BCUT2D eigenvalue weighted by Crippen LogP contribution is 2.26. The maximum absolute atomic E-state index is 11.7. The first kappa shape index (κ1) is 16.8. The van der Waals surface area contributed by atoms with Crippen molar-refractivity contribution in [1.82, 2.24) is 10.6 Å². The number of rotatable bonds is 8. The molecular weight excluding hydrogens is 274 g/mol. The molecule has 0 atom stereocenters. The number of likely N-dealkylation sites (N-methyl/N-ethyl adjacent to an activating group) is 2. The van der Waals surface area contributed by atoms with Gasteiger partial charge in [0.2, 0.25) is 5.91 Å². The van der Waals surface area contributed by atoms with Crippen LogP contribution in [0, 0.1) is 0 Å². The van der Waals surface area contributed by atoms with Gasteiger partial charge in [0, 0.05) is 19.6 Å². The van der Waals surface area contributed by atoms with Crippen LogP contribution in [0.15, 0.2) is 18.2 Å². The normalized spacial score (nSPS) is 10.4. The van der Waals surface area contributed by atoms with Crippen LogP contribution in [0.25, 0.3) is 0 Å². The van der Waals surface area contributed by atoms with Crippen molar-refractivity contribution >= 4 is 23.2 Å². The van der Waals surface area contributed by atoms with Gasteiger partial charge < -0.3 is 15.5 Å². The number of halogens is 1. The summed E-state index contributed by atoms with van der Waals surface area (Å²) in [6.45, 7) is 9.45. The lowest BCUT2D eigenvalue weighted by Gasteiger charge is -2.24. The molecule has 0 aliphatic carbocycles. The number of carbonyl (C=O) groups is 1. The maximum atomic E-state index is 11.7. The summed E-state index contributed by atoms with van der Waals surface area (Å²) in [6, 6.07) is 5.99. The molecule has 0 bridgehead atoms. The Bertz CT molecular complexity index is 437. The van der Waals surface area contributed by atoms with E-state index in [-0.39, 0.29) is 5.91 Å². The molecule has 0 fully saturated rings. The molecule has 20 heavy (non-hydrogen) atoms. The monoisotopic (exact) mass is 297 g/mol. The molecule has 0 radical (unpaired) electrons. The van der Waals surface area contributed by atoms with E-state index in [1.165, 1.54) is 0 Å². The molecule has 5 heteroatoms. The lowest BCUT2D eigenvalue weighted by atomic mass is 10.2. The van der Waals surface area contributed by atoms with Gasteiger partial charge >= 0.3 is 0 Å². The van der Waals surface area contributed by atoms with Crippen LogP contribution in [-0.2, 0) is 11.3 Å². The van der Waals surface area contributed by atoms with Crippen LogP contribution < -0.4 is 15.5 Å². The van der Waals surface area contributed by atoms with Crippen LogP contribution in [0.5, 0.6) is 0 Å². The molecule has 4 nitrogen and oxygen atoms in total. The van der Waals surface area contributed by atoms with Gasteiger partial charge in [0.15, 0.2) is 0 Å². The average molecular weight is 298 g/mol. The third-order valence-corrected chi connectivity index (χ3v) is 3.32. The molecule has 0 spiro atoms. The van der Waals surface area contributed by atoms with Crippen molar-refractivity contribution in [2.45, 2.75) is 27.3 Å². The zero-order valence-corrected chi connectivity index (χ0v) is 13.3. The predicted octanol–water partition coefficient (Wildman–Crippen LogP) is 2.41. The van der Waals surface area contributed by atoms with Crippen molar-refractivity contribution in [2.24, 2.45) is 0 Å². The Hall–Kier alpha value is -1.26. The quantitative estimate of drug-likeness (QED) is 0.774. The van der Waals surface area contributed by atoms with Crippen LogP contribution in [0.1, 0.15) is 26.3 Å². The molecule has 2 N–H and O–H groups in total. The Balaban J connectivity index is 2.79. The molecule has 1 rings (SSSR count). The van der Waals surface area contributed by atoms with Crippen LogP contribution >= 0.6 is 11.6 Å². The van der Waals surface area contributed by atoms with E-state index in [2.05, 4.69) is 17.6 Å². The Labute approximate surface area is 126 Å². The van der Waals surface area contributed by atoms with Crippen molar-refractivity contribution in [1.29, 1.82) is 0 Å². The predicted molar refractivity (Wildman–Crippen MR) is 85.4 cm³/mol. The fourth-order valence-electron chi connectivity index (χ4n) is 1.98. The fraction of sp³-hybridized carbons (Fsp3) is 0.533. The van der Waals surface area contributed by atoms with E-state index < -0.39 is 0 Å². The topological polar surface area (TPSA) is 44.4 Å². The van der Waals surface area contributed by atoms with E-state index in [0.29, 0.717) is 18.1 Å². The van der Waals surface area contributed by atoms with Crippen LogP contribution in [-0.4, -0.2) is 32.1 Å². The second-order valence-corrected chi connectivity index (χ2v) is 4.94. The number of benzene rings is 1. The van der Waals surface area contributed by atoms with Gasteiger partial charge in [-0.15, -0.1) is 0 Å². The first-order valence-corrected chi connectivity index (χ1v) is 7.50. The Morgan fingerprint density at radius 1 is 1.25 bits per heavy atom. The van der Waals surface area contributed by atoms with Crippen molar-refractivity contribution in [3.63, 3.8) is 0 Å². The Morgan fingerprint density at radius 3 is 2.55 bits per heavy atom. The van der Waals surface area contributed by atoms with E-state index in [1.807, 2.05) is 36.9 Å². The summed E-state index contributed by atoms with van der Waals surface area (Å²) in [5.41, 5.74) is 2.05. The van der Waals surface area contributed by atoms with Gasteiger partial charge in [0.25, 0.3) is 0 Å². The first-order valence-electron chi connectivity index (χ1n) is 7.13. The molecule has 0 aliphatic rings. The zero-order valence-electron chi connectivity index (χ0n) is 12.5. The lowest BCUT2D eigenvalue weighted by molar-refractivity contribution is -0.119. The van der Waals surface area contributed by atoms with Gasteiger partial charge in [0.1, 0.15) is 0 Å². The molecule has 112 valence electrons. The summed E-state index contributed by atoms with van der Waals surface area (Å²) < 4.78 is 0. The third-order valence-electron chi connectivity index (χ3n) is 3.02. The second-order valence-electron chi connectivity index (χ2n) is 4.53. The Morgan fingerprint density at radius 2 is 2.00 bits per heavy atom. The minimum absolute atomic E-state index is 0.0159. The van der Waals surface area contributed by atoms with Crippen LogP contribution in [0.4, 0.5) is 5.69 Å². The van der Waals surface area contributed by atoms with Gasteiger partial charge in [-0.3, -0.25) is 4.79 Å². The second kappa shape index (κ2) is 8.82. The number of hydrogen-bond acceptors (Lipinski definition) is 3. The smallest absolute Gasteiger partial charge is 0.239 e. The van der Waals surface area contributed by atoms with Gasteiger partial charge in [-0.05, 0) is 38.1 Å². The van der Waals surface area contributed by atoms with E-state index in [4.69, 9.17) is 11.6 Å². The van der Waals surface area contributed by atoms with Crippen molar-refractivity contribution in [3.05, 3.63) is 28.8 Å². The molecule has 0 unspecified atom stereocenters. The summed E-state index contributed by atoms with van der Waals surface area (Å²) >= 11 is 6.34. The van der Waals surface area contributed by atoms with E-state index in [9.17, 15) is 4.79 Å². The standard InChI is InChI=1S/C15H24ClN3O/c1-4-17-10-12-7-8-14(13(16)9-12)19(6-3)11-15(20)18-5-2/h7-9,17H,4-6,10-11H2,1-3H3,(H,18,20). The van der Waals surface area contributed by atoms with Gasteiger partial charge in [0.05, 0.1) is 17.3 Å². The lowest BCUT2D eigenvalue weighted by Crippen LogP contribution is -2.37. The highest BCUT2D eigenvalue weighted by atomic mass is 35.5. The summed E-state index contributed by atoms with van der Waals surface area (Å²) in [7, 11) is 0. The molecular formula is C15H24ClN3O. The minimum Gasteiger partial charge on any atom is -0.361 e. The molecule has 0 saturated heterocycles. The van der Waals surface area contributed by atoms with E-state index in [1.54, 1.807) is 0 Å². The fourth-order valence-corrected chi connectivity index (χ4v) is 2.30. The number of nitrogens with one attached hydrogen (secondary N) is 2. The summed E-state index contributed by atoms with van der Waals surface area (Å²) in [5, 5.41) is 6.76. The molecule has 1 aromatic carbocycles. The number of carbonyl (C=O) groups excluding carboxylic acids is 1. The summed E-state index contributed by atoms with van der Waals surface area (Å²) in [5.74, 6) is 0.0159. The maximum Gasteiger partial charge on any atom is 0.239 e. The van der Waals surface area contributed by atoms with Gasteiger partial charge in [-0.25, -0.2) is 0 Å². The molecule has 1 amide bonds. The SMILES string of the molecule is CCNCc1ccc(N(CC)CC(=O)NCC)c(Cl)c1. The first-order chi connectivity index (χ1) is 9.62. The highest BCUT2D eigenvalue weighted by Gasteiger charge is 2.12. The average Bonchev–Trinajstić information content (AvgIpc) is 2.43. The van der Waals surface area contributed by atoms with E-state index in [0.717, 1.165) is 30.9 Å². The van der Waals surface area contributed by atoms with Crippen LogP contribution in [0.2, 0.25) is 5.02 Å². The number of nitrogens with zero attached hydrogens (tertiary/aromatic N) is 1. The van der Waals surface area contributed by atoms with E-state index >= 15 is 0 Å². The van der Waals surface area contributed by atoms with Gasteiger partial charge in [-0.2, -0.15) is 0 Å². The largest absolute Gasteiger partial charge is 0.361 e. The molecule has 0 heterocycles. The van der Waals surface area contributed by atoms with Crippen molar-refractivity contribution < 1.29 is 4.79 Å². The highest BCUT2D eigenvalue weighted by molar-refractivity contribution is 6.33. The van der Waals surface area contributed by atoms with Crippen molar-refractivity contribution in [3.8, 4) is 0 Å².